The highest BCUT2D eigenvalue weighted by molar-refractivity contribution is 5.76. The zero-order valence-corrected chi connectivity index (χ0v) is 14.5. The van der Waals surface area contributed by atoms with E-state index in [2.05, 4.69) is 5.32 Å². The molecule has 0 radical (unpaired) electrons. The molecule has 1 aliphatic rings. The van der Waals surface area contributed by atoms with Crippen LogP contribution in [-0.2, 0) is 11.2 Å². The SMILES string of the molecule is COc1ccccc1OCCC(=O)NC1CCCc2cc(N)ccc21. The van der Waals surface area contributed by atoms with E-state index in [0.717, 1.165) is 24.9 Å². The molecule has 1 amide bonds. The van der Waals surface area contributed by atoms with E-state index in [0.29, 0.717) is 24.5 Å². The van der Waals surface area contributed by atoms with Crippen LogP contribution in [0.25, 0.3) is 0 Å². The average Bonchev–Trinajstić information content (AvgIpc) is 2.62. The van der Waals surface area contributed by atoms with E-state index in [4.69, 9.17) is 15.2 Å². The highest BCUT2D eigenvalue weighted by Gasteiger charge is 2.21. The number of aryl methyl sites for hydroxylation is 1. The molecule has 0 spiro atoms. The van der Waals surface area contributed by atoms with Crippen molar-refractivity contribution < 1.29 is 14.3 Å². The van der Waals surface area contributed by atoms with Gasteiger partial charge in [0.25, 0.3) is 0 Å². The minimum atomic E-state index is -0.00965. The lowest BCUT2D eigenvalue weighted by Gasteiger charge is -2.26. The summed E-state index contributed by atoms with van der Waals surface area (Å²) in [5.41, 5.74) is 9.05. The molecule has 0 fully saturated rings. The largest absolute Gasteiger partial charge is 0.493 e. The summed E-state index contributed by atoms with van der Waals surface area (Å²) in [6.07, 6.45) is 3.33. The Morgan fingerprint density at radius 2 is 2.04 bits per heavy atom. The molecule has 2 aromatic rings. The number of anilines is 1. The second-order valence-electron chi connectivity index (χ2n) is 6.22. The number of nitrogens with two attached hydrogens (primary N) is 1. The molecule has 0 bridgehead atoms. The first kappa shape index (κ1) is 17.1. The fourth-order valence-electron chi connectivity index (χ4n) is 3.24. The fraction of sp³-hybridized carbons (Fsp3) is 0.350. The van der Waals surface area contributed by atoms with Crippen LogP contribution in [0.3, 0.4) is 0 Å². The van der Waals surface area contributed by atoms with Crippen LogP contribution in [-0.4, -0.2) is 19.6 Å². The van der Waals surface area contributed by atoms with Crippen LogP contribution < -0.4 is 20.5 Å². The fourth-order valence-corrected chi connectivity index (χ4v) is 3.24. The Labute approximate surface area is 148 Å². The summed E-state index contributed by atoms with van der Waals surface area (Å²) in [5, 5.41) is 3.12. The predicted molar refractivity (Wildman–Crippen MR) is 97.8 cm³/mol. The molecule has 0 aromatic heterocycles. The summed E-state index contributed by atoms with van der Waals surface area (Å²) in [6, 6.07) is 13.4. The van der Waals surface area contributed by atoms with E-state index in [9.17, 15) is 4.79 Å². The lowest BCUT2D eigenvalue weighted by Crippen LogP contribution is -2.31. The highest BCUT2D eigenvalue weighted by atomic mass is 16.5. The van der Waals surface area contributed by atoms with Crippen molar-refractivity contribution in [1.29, 1.82) is 0 Å². The van der Waals surface area contributed by atoms with Gasteiger partial charge in [-0.15, -0.1) is 0 Å². The standard InChI is InChI=1S/C20H24N2O3/c1-24-18-7-2-3-8-19(18)25-12-11-20(23)22-17-6-4-5-14-13-15(21)9-10-16(14)17/h2-3,7-10,13,17H,4-6,11-12,21H2,1H3,(H,22,23). The van der Waals surface area contributed by atoms with Crippen LogP contribution in [0.4, 0.5) is 5.69 Å². The summed E-state index contributed by atoms with van der Waals surface area (Å²) in [6.45, 7) is 0.313. The first-order valence-electron chi connectivity index (χ1n) is 8.61. The van der Waals surface area contributed by atoms with Crippen LogP contribution in [0, 0.1) is 0 Å². The maximum absolute atomic E-state index is 12.3. The number of para-hydroxylation sites is 2. The van der Waals surface area contributed by atoms with Gasteiger partial charge in [-0.3, -0.25) is 4.79 Å². The van der Waals surface area contributed by atoms with Crippen LogP contribution >= 0.6 is 0 Å². The second kappa shape index (κ2) is 7.92. The summed E-state index contributed by atoms with van der Waals surface area (Å²) in [5.74, 6) is 1.31. The minimum absolute atomic E-state index is 0.00965. The zero-order valence-electron chi connectivity index (χ0n) is 14.5. The van der Waals surface area contributed by atoms with Gasteiger partial charge in [0, 0.05) is 5.69 Å². The summed E-state index contributed by atoms with van der Waals surface area (Å²) in [4.78, 5) is 12.3. The molecule has 2 aromatic carbocycles. The van der Waals surface area contributed by atoms with Crippen molar-refractivity contribution >= 4 is 11.6 Å². The van der Waals surface area contributed by atoms with Gasteiger partial charge in [0.05, 0.1) is 26.2 Å². The maximum atomic E-state index is 12.3. The van der Waals surface area contributed by atoms with Crippen molar-refractivity contribution in [2.45, 2.75) is 31.7 Å². The number of carbonyl (C=O) groups excluding carboxylic acids is 1. The lowest BCUT2D eigenvalue weighted by molar-refractivity contribution is -0.122. The van der Waals surface area contributed by atoms with Gasteiger partial charge in [-0.05, 0) is 54.7 Å². The number of nitrogen functional groups attached to an aromatic ring is 1. The molecule has 0 heterocycles. The Bertz CT molecular complexity index is 745. The number of benzene rings is 2. The third kappa shape index (κ3) is 4.24. The zero-order chi connectivity index (χ0) is 17.6. The van der Waals surface area contributed by atoms with Gasteiger partial charge in [-0.25, -0.2) is 0 Å². The molecule has 5 heteroatoms. The van der Waals surface area contributed by atoms with Gasteiger partial charge < -0.3 is 20.5 Å². The number of amides is 1. The Kier molecular flexibility index (Phi) is 5.43. The van der Waals surface area contributed by atoms with E-state index >= 15 is 0 Å². The predicted octanol–water partition coefficient (Wildman–Crippen LogP) is 3.24. The van der Waals surface area contributed by atoms with Gasteiger partial charge >= 0.3 is 0 Å². The topological polar surface area (TPSA) is 73.6 Å². The summed E-state index contributed by atoms with van der Waals surface area (Å²) >= 11 is 0. The Balaban J connectivity index is 1.54. The quantitative estimate of drug-likeness (QED) is 0.792. The molecular formula is C20H24N2O3. The molecule has 0 aliphatic heterocycles. The van der Waals surface area contributed by atoms with Crippen LogP contribution in [0.15, 0.2) is 42.5 Å². The summed E-state index contributed by atoms with van der Waals surface area (Å²) < 4.78 is 10.9. The van der Waals surface area contributed by atoms with Crippen molar-refractivity contribution in [1.82, 2.24) is 5.32 Å². The van der Waals surface area contributed by atoms with Gasteiger partial charge in [0.2, 0.25) is 5.91 Å². The molecule has 5 nitrogen and oxygen atoms in total. The second-order valence-corrected chi connectivity index (χ2v) is 6.22. The Morgan fingerprint density at radius 3 is 2.84 bits per heavy atom. The number of ether oxygens (including phenoxy) is 2. The molecule has 1 unspecified atom stereocenters. The van der Waals surface area contributed by atoms with E-state index in [1.165, 1.54) is 11.1 Å². The molecule has 1 aliphatic carbocycles. The smallest absolute Gasteiger partial charge is 0.223 e. The van der Waals surface area contributed by atoms with E-state index < -0.39 is 0 Å². The third-order valence-electron chi connectivity index (χ3n) is 4.47. The number of carbonyl (C=O) groups is 1. The van der Waals surface area contributed by atoms with Gasteiger partial charge in [0.1, 0.15) is 0 Å². The molecule has 0 saturated carbocycles. The maximum Gasteiger partial charge on any atom is 0.223 e. The molecule has 132 valence electrons. The first-order chi connectivity index (χ1) is 12.2. The van der Waals surface area contributed by atoms with Crippen molar-refractivity contribution in [3.05, 3.63) is 53.6 Å². The van der Waals surface area contributed by atoms with Crippen LogP contribution in [0.2, 0.25) is 0 Å². The number of rotatable bonds is 6. The lowest BCUT2D eigenvalue weighted by atomic mass is 9.87. The van der Waals surface area contributed by atoms with Gasteiger partial charge in [-0.1, -0.05) is 18.2 Å². The van der Waals surface area contributed by atoms with Crippen molar-refractivity contribution in [3.8, 4) is 11.5 Å². The van der Waals surface area contributed by atoms with E-state index in [-0.39, 0.29) is 11.9 Å². The van der Waals surface area contributed by atoms with Crippen molar-refractivity contribution in [3.63, 3.8) is 0 Å². The number of nitrogens with one attached hydrogen (secondary N) is 1. The van der Waals surface area contributed by atoms with Crippen molar-refractivity contribution in [2.75, 3.05) is 19.5 Å². The number of hydrogen-bond acceptors (Lipinski definition) is 4. The van der Waals surface area contributed by atoms with Crippen molar-refractivity contribution in [2.24, 2.45) is 0 Å². The normalized spacial score (nSPS) is 16.0. The number of hydrogen-bond donors (Lipinski definition) is 2. The molecule has 1 atom stereocenters. The Morgan fingerprint density at radius 1 is 1.24 bits per heavy atom. The monoisotopic (exact) mass is 340 g/mol. The van der Waals surface area contributed by atoms with Crippen LogP contribution in [0.5, 0.6) is 11.5 Å². The molecule has 25 heavy (non-hydrogen) atoms. The summed E-state index contributed by atoms with van der Waals surface area (Å²) in [7, 11) is 1.60. The highest BCUT2D eigenvalue weighted by Crippen LogP contribution is 2.31. The molecular weight excluding hydrogens is 316 g/mol. The number of fused-ring (bicyclic) bond motifs is 1. The molecule has 3 rings (SSSR count). The van der Waals surface area contributed by atoms with Crippen LogP contribution in [0.1, 0.15) is 36.4 Å². The minimum Gasteiger partial charge on any atom is -0.493 e. The van der Waals surface area contributed by atoms with Gasteiger partial charge in [-0.2, -0.15) is 0 Å². The average molecular weight is 340 g/mol. The Hall–Kier alpha value is -2.69. The van der Waals surface area contributed by atoms with E-state index in [1.54, 1.807) is 7.11 Å². The third-order valence-corrected chi connectivity index (χ3v) is 4.47. The molecule has 0 saturated heterocycles. The van der Waals surface area contributed by atoms with E-state index in [1.807, 2.05) is 42.5 Å². The van der Waals surface area contributed by atoms with Gasteiger partial charge in [0.15, 0.2) is 11.5 Å². The number of methoxy groups -OCH3 is 1. The molecule has 3 N–H and O–H groups in total. The first-order valence-corrected chi connectivity index (χ1v) is 8.61.